The molecule has 126 valence electrons. The van der Waals surface area contributed by atoms with Crippen LogP contribution in [0.5, 0.6) is 0 Å². The minimum atomic E-state index is -0.280. The highest BCUT2D eigenvalue weighted by molar-refractivity contribution is 6.33. The smallest absolute Gasteiger partial charge is 0.212 e. The number of amides is 1. The number of anilines is 2. The van der Waals surface area contributed by atoms with Crippen molar-refractivity contribution in [1.82, 2.24) is 15.0 Å². The molecule has 3 aromatic rings. The van der Waals surface area contributed by atoms with Crippen LogP contribution in [-0.4, -0.2) is 21.4 Å². The van der Waals surface area contributed by atoms with E-state index in [4.69, 9.17) is 11.6 Å². The Morgan fingerprint density at radius 3 is 2.68 bits per heavy atom. The van der Waals surface area contributed by atoms with Crippen molar-refractivity contribution in [2.75, 3.05) is 10.6 Å². The van der Waals surface area contributed by atoms with Gasteiger partial charge in [0.1, 0.15) is 17.5 Å². The third-order valence-electron chi connectivity index (χ3n) is 3.36. The number of hydrogen-bond donors (Lipinski definition) is 2. The lowest BCUT2D eigenvalue weighted by atomic mass is 10.2. The second-order valence-electron chi connectivity index (χ2n) is 5.08. The summed E-state index contributed by atoms with van der Waals surface area (Å²) in [6.07, 6.45) is 5.11. The van der Waals surface area contributed by atoms with Crippen molar-refractivity contribution >= 4 is 29.6 Å². The van der Waals surface area contributed by atoms with Crippen LogP contribution in [0.15, 0.2) is 48.9 Å². The van der Waals surface area contributed by atoms with Crippen molar-refractivity contribution in [2.24, 2.45) is 0 Å². The number of aromatic nitrogens is 3. The van der Waals surface area contributed by atoms with E-state index in [9.17, 15) is 9.18 Å². The van der Waals surface area contributed by atoms with E-state index >= 15 is 0 Å². The van der Waals surface area contributed by atoms with E-state index < -0.39 is 0 Å². The van der Waals surface area contributed by atoms with E-state index in [2.05, 4.69) is 25.6 Å². The highest BCUT2D eigenvalue weighted by Gasteiger charge is 2.09. The molecule has 0 saturated carbocycles. The minimum Gasteiger partial charge on any atom is -0.365 e. The van der Waals surface area contributed by atoms with Crippen LogP contribution in [0.2, 0.25) is 5.02 Å². The van der Waals surface area contributed by atoms with Crippen LogP contribution in [0.4, 0.5) is 16.0 Å². The summed E-state index contributed by atoms with van der Waals surface area (Å²) in [5.41, 5.74) is 2.04. The minimum absolute atomic E-state index is 0.280. The number of carbonyl (C=O) groups excluding carboxylic acids is 1. The molecular formula is C17H13ClFN5O. The third-order valence-corrected chi connectivity index (χ3v) is 3.66. The van der Waals surface area contributed by atoms with Crippen molar-refractivity contribution in [3.8, 4) is 11.3 Å². The van der Waals surface area contributed by atoms with E-state index in [0.717, 1.165) is 5.56 Å². The van der Waals surface area contributed by atoms with Crippen LogP contribution in [0, 0.1) is 5.82 Å². The highest BCUT2D eigenvalue weighted by Crippen LogP contribution is 2.28. The summed E-state index contributed by atoms with van der Waals surface area (Å²) < 4.78 is 12.9. The lowest BCUT2D eigenvalue weighted by Gasteiger charge is -2.09. The van der Waals surface area contributed by atoms with E-state index in [-0.39, 0.29) is 5.82 Å². The second kappa shape index (κ2) is 7.67. The Morgan fingerprint density at radius 2 is 1.92 bits per heavy atom. The van der Waals surface area contributed by atoms with Gasteiger partial charge >= 0.3 is 0 Å². The fourth-order valence-corrected chi connectivity index (χ4v) is 2.35. The molecule has 1 aromatic carbocycles. The summed E-state index contributed by atoms with van der Waals surface area (Å²) >= 11 is 6.17. The molecule has 0 spiro atoms. The van der Waals surface area contributed by atoms with Gasteiger partial charge in [0, 0.05) is 18.3 Å². The molecule has 8 heteroatoms. The van der Waals surface area contributed by atoms with Gasteiger partial charge in [-0.25, -0.2) is 14.4 Å². The molecule has 0 atom stereocenters. The fourth-order valence-electron chi connectivity index (χ4n) is 2.15. The largest absolute Gasteiger partial charge is 0.365 e. The summed E-state index contributed by atoms with van der Waals surface area (Å²) in [7, 11) is 0. The number of pyridine rings is 1. The molecule has 0 fully saturated rings. The van der Waals surface area contributed by atoms with Gasteiger partial charge in [-0.1, -0.05) is 23.7 Å². The third kappa shape index (κ3) is 4.27. The molecule has 0 unspecified atom stereocenters. The number of halogens is 2. The summed E-state index contributed by atoms with van der Waals surface area (Å²) in [4.78, 5) is 23.2. The Labute approximate surface area is 148 Å². The molecule has 6 nitrogen and oxygen atoms in total. The number of hydrogen-bond acceptors (Lipinski definition) is 5. The van der Waals surface area contributed by atoms with Gasteiger partial charge in [0.25, 0.3) is 0 Å². The van der Waals surface area contributed by atoms with Crippen LogP contribution in [0.25, 0.3) is 11.3 Å². The SMILES string of the molecule is O=CNc1cc(-c2cncc(NCc3ccc(F)cc3)n2)c(Cl)cn1. The lowest BCUT2D eigenvalue weighted by molar-refractivity contribution is -0.105. The monoisotopic (exact) mass is 357 g/mol. The molecule has 1 amide bonds. The zero-order valence-electron chi connectivity index (χ0n) is 12.9. The molecule has 25 heavy (non-hydrogen) atoms. The molecule has 0 aliphatic heterocycles. The summed E-state index contributed by atoms with van der Waals surface area (Å²) in [6.45, 7) is 0.473. The average molecular weight is 358 g/mol. The van der Waals surface area contributed by atoms with Crippen molar-refractivity contribution in [3.63, 3.8) is 0 Å². The van der Waals surface area contributed by atoms with Gasteiger partial charge in [-0.2, -0.15) is 0 Å². The number of nitrogens with one attached hydrogen (secondary N) is 2. The van der Waals surface area contributed by atoms with Gasteiger partial charge in [0.2, 0.25) is 6.41 Å². The van der Waals surface area contributed by atoms with Crippen LogP contribution < -0.4 is 10.6 Å². The summed E-state index contributed by atoms with van der Waals surface area (Å²) in [5.74, 6) is 0.623. The molecule has 0 bridgehead atoms. The Bertz CT molecular complexity index is 888. The van der Waals surface area contributed by atoms with Crippen molar-refractivity contribution in [3.05, 3.63) is 65.3 Å². The topological polar surface area (TPSA) is 79.8 Å². The number of benzene rings is 1. The van der Waals surface area contributed by atoms with E-state index in [1.807, 2.05) is 0 Å². The maximum Gasteiger partial charge on any atom is 0.212 e. The molecular weight excluding hydrogens is 345 g/mol. The predicted octanol–water partition coefficient (Wildman–Crippen LogP) is 3.51. The lowest BCUT2D eigenvalue weighted by Crippen LogP contribution is -2.03. The van der Waals surface area contributed by atoms with Crippen molar-refractivity contribution < 1.29 is 9.18 Å². The molecule has 2 N–H and O–H groups in total. The van der Waals surface area contributed by atoms with Crippen LogP contribution in [0.3, 0.4) is 0 Å². The Morgan fingerprint density at radius 1 is 1.12 bits per heavy atom. The fraction of sp³-hybridized carbons (Fsp3) is 0.0588. The zero-order valence-corrected chi connectivity index (χ0v) is 13.7. The highest BCUT2D eigenvalue weighted by atomic mass is 35.5. The summed E-state index contributed by atoms with van der Waals surface area (Å²) in [6, 6.07) is 7.80. The van der Waals surface area contributed by atoms with Gasteiger partial charge in [-0.05, 0) is 23.8 Å². The van der Waals surface area contributed by atoms with Crippen LogP contribution in [-0.2, 0) is 11.3 Å². The van der Waals surface area contributed by atoms with Gasteiger partial charge in [0.05, 0.1) is 23.1 Å². The van der Waals surface area contributed by atoms with Gasteiger partial charge in [-0.15, -0.1) is 0 Å². The van der Waals surface area contributed by atoms with E-state index in [1.54, 1.807) is 30.6 Å². The molecule has 0 radical (unpaired) electrons. The van der Waals surface area contributed by atoms with Gasteiger partial charge in [0.15, 0.2) is 0 Å². The molecule has 0 saturated heterocycles. The molecule has 0 aliphatic carbocycles. The average Bonchev–Trinajstić information content (AvgIpc) is 2.63. The Hall–Kier alpha value is -3.06. The molecule has 2 aromatic heterocycles. The van der Waals surface area contributed by atoms with E-state index in [1.165, 1.54) is 18.3 Å². The Balaban J connectivity index is 1.80. The van der Waals surface area contributed by atoms with Crippen LogP contribution in [0.1, 0.15) is 5.56 Å². The first-order valence-electron chi connectivity index (χ1n) is 7.32. The van der Waals surface area contributed by atoms with E-state index in [0.29, 0.717) is 40.9 Å². The van der Waals surface area contributed by atoms with Gasteiger partial charge in [-0.3, -0.25) is 9.78 Å². The molecule has 2 heterocycles. The standard InChI is InChI=1S/C17H13ClFN5O/c18-14-7-22-16(23-10-25)5-13(14)15-8-20-9-17(24-15)21-6-11-1-3-12(19)4-2-11/h1-5,7-10H,6H2,(H,21,24)(H,22,23,25). The first-order valence-corrected chi connectivity index (χ1v) is 7.70. The van der Waals surface area contributed by atoms with Crippen molar-refractivity contribution in [1.29, 1.82) is 0 Å². The van der Waals surface area contributed by atoms with Crippen LogP contribution >= 0.6 is 11.6 Å². The van der Waals surface area contributed by atoms with Crippen molar-refractivity contribution in [2.45, 2.75) is 6.54 Å². The summed E-state index contributed by atoms with van der Waals surface area (Å²) in [5, 5.41) is 5.98. The first kappa shape index (κ1) is 16.8. The number of carbonyl (C=O) groups is 1. The first-order chi connectivity index (χ1) is 12.2. The Kier molecular flexibility index (Phi) is 5.15. The maximum absolute atomic E-state index is 12.9. The zero-order chi connectivity index (χ0) is 17.6. The second-order valence-corrected chi connectivity index (χ2v) is 5.49. The molecule has 0 aliphatic rings. The quantitative estimate of drug-likeness (QED) is 0.660. The molecule has 3 rings (SSSR count). The number of nitrogens with zero attached hydrogens (tertiary/aromatic N) is 3. The predicted molar refractivity (Wildman–Crippen MR) is 93.7 cm³/mol. The number of rotatable bonds is 6. The normalized spacial score (nSPS) is 10.3. The van der Waals surface area contributed by atoms with Gasteiger partial charge < -0.3 is 10.6 Å². The maximum atomic E-state index is 12.9.